The Kier molecular flexibility index (Phi) is 3.83. The van der Waals surface area contributed by atoms with Crippen LogP contribution in [-0.2, 0) is 0 Å². The Hall–Kier alpha value is -0.150. The first-order valence-corrected chi connectivity index (χ1v) is 3.99. The molecule has 0 aliphatic rings. The van der Waals surface area contributed by atoms with E-state index in [1.807, 2.05) is 6.92 Å². The molecule has 0 N–H and O–H groups in total. The van der Waals surface area contributed by atoms with E-state index >= 15 is 0 Å². The summed E-state index contributed by atoms with van der Waals surface area (Å²) in [5, 5.41) is 0.225. The van der Waals surface area contributed by atoms with Crippen molar-refractivity contribution in [1.29, 1.82) is 0 Å². The first-order chi connectivity index (χ1) is 4.48. The Labute approximate surface area is 69.0 Å². The maximum absolute atomic E-state index is 5.83. The van der Waals surface area contributed by atoms with Gasteiger partial charge in [0.1, 0.15) is 0 Å². The lowest BCUT2D eigenvalue weighted by Gasteiger charge is -2.22. The van der Waals surface area contributed by atoms with Crippen LogP contribution in [0.5, 0.6) is 0 Å². The number of halogens is 1. The van der Waals surface area contributed by atoms with Gasteiger partial charge in [-0.15, -0.1) is 23.9 Å². The van der Waals surface area contributed by atoms with E-state index in [0.29, 0.717) is 0 Å². The maximum atomic E-state index is 5.83. The van der Waals surface area contributed by atoms with Crippen molar-refractivity contribution in [3.8, 4) is 12.3 Å². The fourth-order valence-corrected chi connectivity index (χ4v) is 1.53. The molecule has 0 aromatic carbocycles. The van der Waals surface area contributed by atoms with Crippen molar-refractivity contribution in [2.45, 2.75) is 39.0 Å². The van der Waals surface area contributed by atoms with Gasteiger partial charge in [0, 0.05) is 11.8 Å². The predicted molar refractivity (Wildman–Crippen MR) is 47.2 cm³/mol. The molecule has 58 valence electrons. The molecule has 1 heteroatoms. The lowest BCUT2D eigenvalue weighted by molar-refractivity contribution is 0.344. The molecule has 0 aliphatic heterocycles. The van der Waals surface area contributed by atoms with Crippen LogP contribution < -0.4 is 0 Å². The van der Waals surface area contributed by atoms with Crippen LogP contribution in [0, 0.1) is 17.8 Å². The zero-order valence-corrected chi connectivity index (χ0v) is 7.70. The second kappa shape index (κ2) is 3.88. The van der Waals surface area contributed by atoms with Crippen molar-refractivity contribution in [3.05, 3.63) is 0 Å². The molecule has 0 heterocycles. The lowest BCUT2D eigenvalue weighted by atomic mass is 9.85. The topological polar surface area (TPSA) is 0 Å². The zero-order chi connectivity index (χ0) is 8.20. The Morgan fingerprint density at radius 2 is 2.10 bits per heavy atom. The fourth-order valence-electron chi connectivity index (χ4n) is 1.11. The van der Waals surface area contributed by atoms with Gasteiger partial charge in [0.2, 0.25) is 0 Å². The fraction of sp³-hybridized carbons (Fsp3) is 0.778. The molecule has 1 unspecified atom stereocenters. The molecule has 0 saturated carbocycles. The molecule has 0 rings (SSSR count). The largest absolute Gasteiger partial charge is 0.123 e. The van der Waals surface area contributed by atoms with Crippen LogP contribution in [0.4, 0.5) is 0 Å². The molecular weight excluding hydrogens is 144 g/mol. The van der Waals surface area contributed by atoms with E-state index in [-0.39, 0.29) is 10.8 Å². The van der Waals surface area contributed by atoms with Gasteiger partial charge in [-0.05, 0) is 18.8 Å². The zero-order valence-electron chi connectivity index (χ0n) is 6.95. The average molecular weight is 159 g/mol. The van der Waals surface area contributed by atoms with E-state index in [4.69, 9.17) is 18.0 Å². The molecule has 0 spiro atoms. The third-order valence-electron chi connectivity index (χ3n) is 1.41. The molecule has 0 fully saturated rings. The molecule has 0 aromatic heterocycles. The molecule has 1 atom stereocenters. The summed E-state index contributed by atoms with van der Waals surface area (Å²) in [4.78, 5) is 0. The van der Waals surface area contributed by atoms with E-state index < -0.39 is 0 Å². The number of hydrogen-bond donors (Lipinski definition) is 0. The monoisotopic (exact) mass is 158 g/mol. The summed E-state index contributed by atoms with van der Waals surface area (Å²) in [7, 11) is 0. The Balaban J connectivity index is 3.77. The number of terminal acetylenes is 1. The summed E-state index contributed by atoms with van der Waals surface area (Å²) < 4.78 is 0. The summed E-state index contributed by atoms with van der Waals surface area (Å²) in [6, 6.07) is 0. The van der Waals surface area contributed by atoms with Crippen molar-refractivity contribution in [1.82, 2.24) is 0 Å². The summed E-state index contributed by atoms with van der Waals surface area (Å²) in [6.45, 7) is 6.29. The van der Waals surface area contributed by atoms with Gasteiger partial charge >= 0.3 is 0 Å². The molecule has 0 saturated heterocycles. The van der Waals surface area contributed by atoms with Gasteiger partial charge in [-0.1, -0.05) is 13.8 Å². The molecule has 0 nitrogen and oxygen atoms in total. The third-order valence-corrected chi connectivity index (χ3v) is 1.57. The van der Waals surface area contributed by atoms with E-state index in [1.54, 1.807) is 0 Å². The highest BCUT2D eigenvalue weighted by Crippen LogP contribution is 2.27. The molecule has 0 radical (unpaired) electrons. The molecule has 0 amide bonds. The highest BCUT2D eigenvalue weighted by atomic mass is 35.5. The summed E-state index contributed by atoms with van der Waals surface area (Å²) in [6.07, 6.45) is 6.99. The van der Waals surface area contributed by atoms with Crippen LogP contribution in [0.15, 0.2) is 0 Å². The van der Waals surface area contributed by atoms with Crippen molar-refractivity contribution >= 4 is 11.6 Å². The maximum Gasteiger partial charge on any atom is 0.0313 e. The van der Waals surface area contributed by atoms with E-state index in [9.17, 15) is 0 Å². The van der Waals surface area contributed by atoms with Gasteiger partial charge in [-0.2, -0.15) is 0 Å². The number of hydrogen-bond acceptors (Lipinski definition) is 0. The van der Waals surface area contributed by atoms with Gasteiger partial charge < -0.3 is 0 Å². The summed E-state index contributed by atoms with van der Waals surface area (Å²) in [5.41, 5.74) is 0.204. The smallest absolute Gasteiger partial charge is 0.0313 e. The van der Waals surface area contributed by atoms with Crippen LogP contribution >= 0.6 is 11.6 Å². The van der Waals surface area contributed by atoms with Crippen LogP contribution in [-0.4, -0.2) is 5.38 Å². The number of rotatable bonds is 3. The Morgan fingerprint density at radius 3 is 2.40 bits per heavy atom. The first kappa shape index (κ1) is 9.85. The van der Waals surface area contributed by atoms with Crippen LogP contribution in [0.1, 0.15) is 33.6 Å². The van der Waals surface area contributed by atoms with E-state index in [0.717, 1.165) is 12.8 Å². The minimum Gasteiger partial charge on any atom is -0.123 e. The number of alkyl halides is 1. The van der Waals surface area contributed by atoms with Crippen molar-refractivity contribution in [2.75, 3.05) is 0 Å². The first-order valence-electron chi connectivity index (χ1n) is 3.55. The second-order valence-electron chi connectivity index (χ2n) is 3.53. The van der Waals surface area contributed by atoms with Crippen LogP contribution in [0.25, 0.3) is 0 Å². The van der Waals surface area contributed by atoms with Gasteiger partial charge in [0.05, 0.1) is 0 Å². The van der Waals surface area contributed by atoms with Gasteiger partial charge in [0.25, 0.3) is 0 Å². The highest BCUT2D eigenvalue weighted by Gasteiger charge is 2.18. The molecule has 10 heavy (non-hydrogen) atoms. The standard InChI is InChI=1S/C9H15Cl/c1-5-6-9(3,4)7-8(2)10/h1,8H,6-7H2,2-4H3. The molecule has 0 aliphatic carbocycles. The van der Waals surface area contributed by atoms with Crippen LogP contribution in [0.3, 0.4) is 0 Å². The summed E-state index contributed by atoms with van der Waals surface area (Å²) >= 11 is 5.83. The second-order valence-corrected chi connectivity index (χ2v) is 4.28. The van der Waals surface area contributed by atoms with Gasteiger partial charge in [-0.3, -0.25) is 0 Å². The van der Waals surface area contributed by atoms with Crippen molar-refractivity contribution in [2.24, 2.45) is 5.41 Å². The Bertz CT molecular complexity index is 128. The minimum absolute atomic E-state index is 0.204. The average Bonchev–Trinajstić information content (AvgIpc) is 1.59. The minimum atomic E-state index is 0.204. The van der Waals surface area contributed by atoms with E-state index in [1.165, 1.54) is 0 Å². The highest BCUT2D eigenvalue weighted by molar-refractivity contribution is 6.20. The summed E-state index contributed by atoms with van der Waals surface area (Å²) in [5.74, 6) is 2.65. The molecule has 0 aromatic rings. The SMILES string of the molecule is C#CCC(C)(C)CC(C)Cl. The van der Waals surface area contributed by atoms with Gasteiger partial charge in [0.15, 0.2) is 0 Å². The third kappa shape index (κ3) is 4.70. The van der Waals surface area contributed by atoms with Crippen LogP contribution in [0.2, 0.25) is 0 Å². The molecular formula is C9H15Cl. The van der Waals surface area contributed by atoms with Crippen molar-refractivity contribution in [3.63, 3.8) is 0 Å². The molecule has 0 bridgehead atoms. The Morgan fingerprint density at radius 1 is 1.60 bits per heavy atom. The predicted octanol–water partition coefficient (Wildman–Crippen LogP) is 3.05. The van der Waals surface area contributed by atoms with Gasteiger partial charge in [-0.25, -0.2) is 0 Å². The lowest BCUT2D eigenvalue weighted by Crippen LogP contribution is -2.14. The quantitative estimate of drug-likeness (QED) is 0.438. The van der Waals surface area contributed by atoms with Crippen molar-refractivity contribution < 1.29 is 0 Å². The van der Waals surface area contributed by atoms with E-state index in [2.05, 4.69) is 19.8 Å². The normalized spacial score (nSPS) is 14.3.